The van der Waals surface area contributed by atoms with E-state index < -0.39 is 195 Å². The Bertz CT molecular complexity index is 2890. The summed E-state index contributed by atoms with van der Waals surface area (Å²) >= 11 is 0. The standard InChI is InChI=1S/C32H12BF24.C17H13NO2/c34-25(35,36)13-1-14(26(37,38)39)6-21(5-13)33(22-7-15(27(40,41)42)2-16(8-22)28(43,44)45,23-9-17(29(46,47)48)3-18(10-23)30(49,50)51)24-11-19(31(52,53)54)4-20(12-24)32(55,56)57;19-16-8-4-3-7-15(16)17(20)12-18-10-9-13-5-1-2-6-14(13)11-18/h1-12H;1-11H,12H2/q-1;/p+1. The highest BCUT2D eigenvalue weighted by Crippen LogP contribution is 2.41. The number of aromatic hydroxyl groups is 1. The fourth-order valence-corrected chi connectivity index (χ4v) is 8.31. The number of carbonyl (C=O) groups excluding carboxylic acids is 1. The van der Waals surface area contributed by atoms with Crippen molar-refractivity contribution in [1.82, 2.24) is 0 Å². The number of hydrogen-bond acceptors (Lipinski definition) is 2. The average Bonchev–Trinajstić information content (AvgIpc) is 3.29. The van der Waals surface area contributed by atoms with Gasteiger partial charge in [-0.3, -0.25) is 4.79 Å². The molecular weight excluding hydrogens is 1100 g/mol. The molecular formula is C49H26BF24NO2. The number of benzene rings is 6. The number of hydrogen-bond donors (Lipinski definition) is 1. The third-order valence-corrected chi connectivity index (χ3v) is 11.7. The molecule has 0 aliphatic rings. The van der Waals surface area contributed by atoms with E-state index in [1.807, 2.05) is 47.3 Å². The molecule has 28 heteroatoms. The molecule has 0 atom stereocenters. The lowest BCUT2D eigenvalue weighted by atomic mass is 9.12. The van der Waals surface area contributed by atoms with E-state index in [4.69, 9.17) is 0 Å². The topological polar surface area (TPSA) is 41.2 Å². The Labute approximate surface area is 415 Å². The Morgan fingerprint density at radius 3 is 0.896 bits per heavy atom. The van der Waals surface area contributed by atoms with Crippen LogP contribution in [0.5, 0.6) is 5.75 Å². The lowest BCUT2D eigenvalue weighted by Crippen LogP contribution is -2.75. The highest BCUT2D eigenvalue weighted by molar-refractivity contribution is 7.20. The van der Waals surface area contributed by atoms with E-state index in [0.717, 1.165) is 10.8 Å². The van der Waals surface area contributed by atoms with E-state index >= 15 is 0 Å². The second-order valence-electron chi connectivity index (χ2n) is 16.9. The predicted octanol–water partition coefficient (Wildman–Crippen LogP) is 13.9. The second kappa shape index (κ2) is 20.2. The van der Waals surface area contributed by atoms with Crippen LogP contribution in [0.15, 0.2) is 140 Å². The lowest BCUT2D eigenvalue weighted by molar-refractivity contribution is -0.681. The number of alkyl halides is 24. The zero-order valence-electron chi connectivity index (χ0n) is 37.4. The summed E-state index contributed by atoms with van der Waals surface area (Å²) in [5.41, 5.74) is -29.8. The molecule has 1 N–H and O–H groups in total. The molecule has 1 heterocycles. The number of carbonyl (C=O) groups is 1. The molecule has 77 heavy (non-hydrogen) atoms. The third-order valence-electron chi connectivity index (χ3n) is 11.7. The van der Waals surface area contributed by atoms with E-state index in [1.54, 1.807) is 18.2 Å². The maximum Gasteiger partial charge on any atom is 0.416 e. The number of para-hydroxylation sites is 1. The van der Waals surface area contributed by atoms with Crippen molar-refractivity contribution in [3.8, 4) is 5.75 Å². The quantitative estimate of drug-likeness (QED) is 0.0748. The maximum atomic E-state index is 14.2. The number of ketones is 1. The van der Waals surface area contributed by atoms with Crippen molar-refractivity contribution in [3.05, 3.63) is 190 Å². The smallest absolute Gasteiger partial charge is 0.416 e. The number of fused-ring (bicyclic) bond motifs is 1. The first-order valence-corrected chi connectivity index (χ1v) is 21.0. The van der Waals surface area contributed by atoms with Crippen molar-refractivity contribution in [2.24, 2.45) is 0 Å². The number of aromatic nitrogens is 1. The Kier molecular flexibility index (Phi) is 15.4. The molecule has 0 spiro atoms. The van der Waals surface area contributed by atoms with Crippen LogP contribution in [0.1, 0.15) is 54.9 Å². The summed E-state index contributed by atoms with van der Waals surface area (Å²) in [7, 11) is 0. The predicted molar refractivity (Wildman–Crippen MR) is 227 cm³/mol. The maximum absolute atomic E-state index is 14.2. The molecule has 7 aromatic rings. The van der Waals surface area contributed by atoms with Gasteiger partial charge < -0.3 is 5.11 Å². The largest absolute Gasteiger partial charge is 0.507 e. The molecule has 0 unspecified atom stereocenters. The number of halogens is 24. The van der Waals surface area contributed by atoms with Crippen molar-refractivity contribution < 1.29 is 120 Å². The fraction of sp³-hybridized carbons (Fsp3) is 0.184. The minimum atomic E-state index is -6.13. The van der Waals surface area contributed by atoms with Crippen LogP contribution in [0.2, 0.25) is 0 Å². The zero-order valence-corrected chi connectivity index (χ0v) is 37.4. The van der Waals surface area contributed by atoms with E-state index in [9.17, 15) is 115 Å². The van der Waals surface area contributed by atoms with Crippen LogP contribution >= 0.6 is 0 Å². The first-order chi connectivity index (χ1) is 35.0. The van der Waals surface area contributed by atoms with Crippen molar-refractivity contribution in [2.75, 3.05) is 0 Å². The number of phenolic OH excluding ortho intramolecular Hbond substituents is 1. The summed E-state index contributed by atoms with van der Waals surface area (Å²) in [6.45, 7) is 0.211. The summed E-state index contributed by atoms with van der Waals surface area (Å²) < 4.78 is 343. The molecule has 0 bridgehead atoms. The van der Waals surface area contributed by atoms with Crippen molar-refractivity contribution in [2.45, 2.75) is 56.0 Å². The van der Waals surface area contributed by atoms with Gasteiger partial charge in [-0.2, -0.15) is 132 Å². The second-order valence-corrected chi connectivity index (χ2v) is 16.9. The summed E-state index contributed by atoms with van der Waals surface area (Å²) in [5, 5.41) is 11.9. The molecule has 0 radical (unpaired) electrons. The monoisotopic (exact) mass is 1130 g/mol. The SMILES string of the molecule is FC(F)(F)c1cc([B-](c2cc(C(F)(F)F)cc(C(F)(F)F)c2)(c2cc(C(F)(F)F)cc(C(F)(F)F)c2)c2cc(C(F)(F)F)cc(C(F)(F)F)c2)cc(C(F)(F)F)c1.O=C(C[n+]1ccc2ccccc2c1)c1ccccc1O. The van der Waals surface area contributed by atoms with Gasteiger partial charge in [0, 0.05) is 11.5 Å². The molecule has 0 amide bonds. The van der Waals surface area contributed by atoms with Gasteiger partial charge in [-0.05, 0) is 47.9 Å². The van der Waals surface area contributed by atoms with Gasteiger partial charge in [-0.1, -0.05) is 78.9 Å². The minimum absolute atomic E-state index is 0.0267. The van der Waals surface area contributed by atoms with Crippen LogP contribution in [0.25, 0.3) is 10.8 Å². The lowest BCUT2D eigenvalue weighted by Gasteiger charge is -2.46. The van der Waals surface area contributed by atoms with Gasteiger partial charge in [0.15, 0.2) is 12.4 Å². The van der Waals surface area contributed by atoms with E-state index in [2.05, 4.69) is 0 Å². The van der Waals surface area contributed by atoms with Gasteiger partial charge in [-0.25, -0.2) is 0 Å². The first kappa shape index (κ1) is 58.8. The molecule has 6 aromatic carbocycles. The van der Waals surface area contributed by atoms with Crippen LogP contribution in [0, 0.1) is 0 Å². The van der Waals surface area contributed by atoms with Crippen LogP contribution in [-0.4, -0.2) is 17.0 Å². The van der Waals surface area contributed by atoms with Crippen LogP contribution in [-0.2, 0) is 56.0 Å². The molecule has 410 valence electrons. The summed E-state index contributed by atoms with van der Waals surface area (Å²) in [6, 6.07) is 7.78. The number of rotatable bonds is 7. The van der Waals surface area contributed by atoms with Gasteiger partial charge in [0.05, 0.1) is 50.1 Å². The van der Waals surface area contributed by atoms with Gasteiger partial charge in [-0.15, -0.1) is 0 Å². The number of pyridine rings is 1. The Morgan fingerprint density at radius 1 is 0.364 bits per heavy atom. The highest BCUT2D eigenvalue weighted by atomic mass is 19.4. The zero-order chi connectivity index (χ0) is 57.9. The van der Waals surface area contributed by atoms with Gasteiger partial charge >= 0.3 is 49.4 Å². The van der Waals surface area contributed by atoms with Crippen LogP contribution in [0.4, 0.5) is 105 Å². The molecule has 1 aromatic heterocycles. The van der Waals surface area contributed by atoms with E-state index in [-0.39, 0.29) is 18.1 Å². The first-order valence-electron chi connectivity index (χ1n) is 21.0. The molecule has 0 aliphatic heterocycles. The summed E-state index contributed by atoms with van der Waals surface area (Å²) in [4.78, 5) is 12.2. The molecule has 0 saturated heterocycles. The third kappa shape index (κ3) is 13.2. The van der Waals surface area contributed by atoms with E-state index in [1.165, 1.54) is 6.07 Å². The Morgan fingerprint density at radius 2 is 0.623 bits per heavy atom. The van der Waals surface area contributed by atoms with Crippen molar-refractivity contribution >= 4 is 44.6 Å². The molecule has 7 rings (SSSR count). The summed E-state index contributed by atoms with van der Waals surface area (Å²) in [6.07, 6.45) is -51.0. The fourth-order valence-electron chi connectivity index (χ4n) is 8.31. The van der Waals surface area contributed by atoms with Crippen molar-refractivity contribution in [3.63, 3.8) is 0 Å². The number of Topliss-reactive ketones (excluding diaryl/α,β-unsaturated/α-hetero) is 1. The van der Waals surface area contributed by atoms with Crippen LogP contribution < -0.4 is 26.4 Å². The van der Waals surface area contributed by atoms with Gasteiger partial charge in [0.25, 0.3) is 0 Å². The number of phenols is 1. The highest BCUT2D eigenvalue weighted by Gasteiger charge is 2.47. The molecule has 0 aliphatic carbocycles. The van der Waals surface area contributed by atoms with Crippen molar-refractivity contribution in [1.29, 1.82) is 0 Å². The Hall–Kier alpha value is -7.42. The van der Waals surface area contributed by atoms with Gasteiger partial charge in [0.2, 0.25) is 12.3 Å². The summed E-state index contributed by atoms with van der Waals surface area (Å²) in [5.74, 6) is -0.0812. The molecule has 0 saturated carbocycles. The minimum Gasteiger partial charge on any atom is -0.507 e. The van der Waals surface area contributed by atoms with E-state index in [0.29, 0.717) is 5.56 Å². The van der Waals surface area contributed by atoms with Crippen LogP contribution in [0.3, 0.4) is 0 Å². The average molecular weight is 1130 g/mol. The van der Waals surface area contributed by atoms with Gasteiger partial charge in [0.1, 0.15) is 11.9 Å². The molecule has 0 fully saturated rings. The normalized spacial score (nSPS) is 13.4. The Balaban J connectivity index is 0.000000397. The molecule has 3 nitrogen and oxygen atoms in total. The number of nitrogens with zero attached hydrogens (tertiary/aromatic N) is 1.